The van der Waals surface area contributed by atoms with E-state index in [0.717, 1.165) is 11.0 Å². The van der Waals surface area contributed by atoms with E-state index in [-0.39, 0.29) is 20.1 Å². The summed E-state index contributed by atoms with van der Waals surface area (Å²) in [5.74, 6) is 0. The van der Waals surface area contributed by atoms with Gasteiger partial charge in [-0.1, -0.05) is 77.0 Å². The first-order valence-electron chi connectivity index (χ1n) is 10.6. The van der Waals surface area contributed by atoms with Crippen LogP contribution in [0.4, 0.5) is 0 Å². The smallest absolute Gasteiger partial charge is 0.0608 e. The number of rotatable bonds is 2. The number of benzene rings is 4. The summed E-state index contributed by atoms with van der Waals surface area (Å²) in [5.41, 5.74) is 9.70. The zero-order chi connectivity index (χ0) is 20.9. The van der Waals surface area contributed by atoms with Crippen LogP contribution in [0, 0.1) is 19.9 Å². The minimum absolute atomic E-state index is 0. The Morgan fingerprint density at radius 1 is 0.812 bits per heavy atom. The number of hydrogen-bond donors (Lipinski definition) is 0. The molecule has 157 valence electrons. The van der Waals surface area contributed by atoms with E-state index in [0.29, 0.717) is 0 Å². The van der Waals surface area contributed by atoms with Gasteiger partial charge in [0.25, 0.3) is 0 Å². The van der Waals surface area contributed by atoms with Gasteiger partial charge in [-0.3, -0.25) is 4.98 Å². The van der Waals surface area contributed by atoms with E-state index < -0.39 is 0 Å². The van der Waals surface area contributed by atoms with Gasteiger partial charge in [-0.2, -0.15) is 0 Å². The maximum Gasteiger partial charge on any atom is 0.0608 e. The second kappa shape index (κ2) is 8.02. The molecule has 2 heterocycles. The van der Waals surface area contributed by atoms with Crippen LogP contribution >= 0.6 is 0 Å². The Balaban J connectivity index is 0.00000216. The molecule has 2 nitrogen and oxygen atoms in total. The van der Waals surface area contributed by atoms with E-state index in [9.17, 15) is 0 Å². The van der Waals surface area contributed by atoms with Crippen molar-refractivity contribution in [3.8, 4) is 22.3 Å². The van der Waals surface area contributed by atoms with Crippen molar-refractivity contribution >= 4 is 27.3 Å². The normalized spacial score (nSPS) is 11.2. The van der Waals surface area contributed by atoms with Crippen molar-refractivity contribution in [3.63, 3.8) is 0 Å². The SMILES string of the molecule is Cc1cc(-c2ccccc2)cc(C)c1-c1cc[c-]c2c1c1ccccc1n1ccnc21.[Ir]. The van der Waals surface area contributed by atoms with Crippen LogP contribution in [0.5, 0.6) is 0 Å². The van der Waals surface area contributed by atoms with Crippen LogP contribution in [-0.4, -0.2) is 9.38 Å². The van der Waals surface area contributed by atoms with Crippen LogP contribution < -0.4 is 0 Å². The van der Waals surface area contributed by atoms with E-state index in [1.54, 1.807) is 0 Å². The molecule has 0 saturated carbocycles. The molecule has 6 rings (SSSR count). The molecule has 4 aromatic carbocycles. The minimum atomic E-state index is 0. The third-order valence-corrected chi connectivity index (χ3v) is 6.20. The van der Waals surface area contributed by atoms with Gasteiger partial charge >= 0.3 is 0 Å². The number of imidazole rings is 1. The second-order valence-electron chi connectivity index (χ2n) is 8.13. The monoisotopic (exact) mass is 590 g/mol. The summed E-state index contributed by atoms with van der Waals surface area (Å²) in [7, 11) is 0. The number of aromatic nitrogens is 2. The number of hydrogen-bond acceptors (Lipinski definition) is 1. The van der Waals surface area contributed by atoms with Crippen molar-refractivity contribution in [2.24, 2.45) is 0 Å². The van der Waals surface area contributed by atoms with E-state index in [1.807, 2.05) is 18.5 Å². The molecule has 1 radical (unpaired) electrons. The molecule has 0 aliphatic carbocycles. The van der Waals surface area contributed by atoms with Gasteiger partial charge in [0, 0.05) is 38.0 Å². The molecule has 0 unspecified atom stereocenters. The molecular weight excluding hydrogens is 569 g/mol. The molecule has 0 aliphatic rings. The summed E-state index contributed by atoms with van der Waals surface area (Å²) in [6.45, 7) is 4.43. The molecule has 0 N–H and O–H groups in total. The number of nitrogens with zero attached hydrogens (tertiary/aromatic N) is 2. The number of para-hydroxylation sites is 1. The fraction of sp³-hybridized carbons (Fsp3) is 0.0690. The van der Waals surface area contributed by atoms with Crippen LogP contribution in [0.25, 0.3) is 49.6 Å². The van der Waals surface area contributed by atoms with Gasteiger partial charge < -0.3 is 4.40 Å². The predicted octanol–water partition coefficient (Wildman–Crippen LogP) is 7.39. The van der Waals surface area contributed by atoms with Crippen molar-refractivity contribution in [1.29, 1.82) is 0 Å². The van der Waals surface area contributed by atoms with Gasteiger partial charge in [-0.05, 0) is 53.1 Å². The molecule has 0 amide bonds. The zero-order valence-electron chi connectivity index (χ0n) is 17.9. The van der Waals surface area contributed by atoms with Gasteiger partial charge in [-0.25, -0.2) is 0 Å². The fourth-order valence-corrected chi connectivity index (χ4v) is 4.93. The molecule has 32 heavy (non-hydrogen) atoms. The summed E-state index contributed by atoms with van der Waals surface area (Å²) in [6, 6.07) is 31.5. The topological polar surface area (TPSA) is 17.3 Å². The third kappa shape index (κ3) is 3.09. The van der Waals surface area contributed by atoms with E-state index >= 15 is 0 Å². The van der Waals surface area contributed by atoms with Crippen molar-refractivity contribution in [2.75, 3.05) is 0 Å². The second-order valence-corrected chi connectivity index (χ2v) is 8.13. The van der Waals surface area contributed by atoms with Crippen LogP contribution in [0.15, 0.2) is 91.3 Å². The average molecular weight is 590 g/mol. The predicted molar refractivity (Wildman–Crippen MR) is 129 cm³/mol. The summed E-state index contributed by atoms with van der Waals surface area (Å²) in [5, 5.41) is 3.50. The Morgan fingerprint density at radius 3 is 2.31 bits per heavy atom. The zero-order valence-corrected chi connectivity index (χ0v) is 20.3. The first kappa shape index (κ1) is 20.6. The molecule has 0 aliphatic heterocycles. The third-order valence-electron chi connectivity index (χ3n) is 6.20. The van der Waals surface area contributed by atoms with E-state index in [4.69, 9.17) is 0 Å². The minimum Gasteiger partial charge on any atom is -0.340 e. The fourth-order valence-electron chi connectivity index (χ4n) is 4.93. The van der Waals surface area contributed by atoms with Crippen LogP contribution in [0.2, 0.25) is 0 Å². The standard InChI is InChI=1S/C29H21N2.Ir/c1-19-17-22(21-9-4-3-5-10-21)18-20(2)27(19)24-12-8-13-25-28(24)23-11-6-7-14-26(23)31-16-15-30-29(25)31;/h3-12,14-18H,1-2H3;/q-1;. The maximum absolute atomic E-state index is 4.66. The Kier molecular flexibility index (Phi) is 5.17. The Morgan fingerprint density at radius 2 is 1.53 bits per heavy atom. The molecule has 6 aromatic rings. The average Bonchev–Trinajstić information content (AvgIpc) is 3.30. The van der Waals surface area contributed by atoms with Gasteiger partial charge in [0.05, 0.1) is 5.65 Å². The quantitative estimate of drug-likeness (QED) is 0.152. The summed E-state index contributed by atoms with van der Waals surface area (Å²) < 4.78 is 2.16. The Labute approximate surface area is 200 Å². The molecule has 0 bridgehead atoms. The summed E-state index contributed by atoms with van der Waals surface area (Å²) >= 11 is 0. The van der Waals surface area contributed by atoms with Crippen molar-refractivity contribution in [3.05, 3.63) is 108 Å². The van der Waals surface area contributed by atoms with Crippen LogP contribution in [0.3, 0.4) is 0 Å². The molecule has 2 aromatic heterocycles. The largest absolute Gasteiger partial charge is 0.340 e. The molecule has 0 spiro atoms. The maximum atomic E-state index is 4.66. The summed E-state index contributed by atoms with van der Waals surface area (Å²) in [6.07, 6.45) is 3.90. The van der Waals surface area contributed by atoms with E-state index in [2.05, 4.69) is 102 Å². The first-order valence-corrected chi connectivity index (χ1v) is 10.6. The Hall–Kier alpha value is -3.26. The first-order chi connectivity index (χ1) is 15.2. The summed E-state index contributed by atoms with van der Waals surface area (Å²) in [4.78, 5) is 4.66. The van der Waals surface area contributed by atoms with Crippen molar-refractivity contribution < 1.29 is 20.1 Å². The number of aryl methyl sites for hydroxylation is 2. The molecule has 3 heteroatoms. The van der Waals surface area contributed by atoms with Gasteiger partial charge in [0.15, 0.2) is 0 Å². The van der Waals surface area contributed by atoms with Gasteiger partial charge in [-0.15, -0.1) is 18.2 Å². The van der Waals surface area contributed by atoms with Gasteiger partial charge in [0.2, 0.25) is 0 Å². The molecule has 0 saturated heterocycles. The van der Waals surface area contributed by atoms with Crippen molar-refractivity contribution in [1.82, 2.24) is 9.38 Å². The number of fused-ring (bicyclic) bond motifs is 6. The van der Waals surface area contributed by atoms with Crippen LogP contribution in [0.1, 0.15) is 11.1 Å². The van der Waals surface area contributed by atoms with Gasteiger partial charge in [0.1, 0.15) is 0 Å². The molecule has 0 fully saturated rings. The Bertz CT molecular complexity index is 1570. The van der Waals surface area contributed by atoms with Crippen molar-refractivity contribution in [2.45, 2.75) is 13.8 Å². The molecular formula is C29H21IrN2-. The van der Waals surface area contributed by atoms with E-state index in [1.165, 1.54) is 49.7 Å². The van der Waals surface area contributed by atoms with Crippen LogP contribution in [-0.2, 0) is 20.1 Å². The molecule has 0 atom stereocenters. The number of pyridine rings is 1.